The monoisotopic (exact) mass is 289 g/mol. The molecule has 0 aliphatic carbocycles. The van der Waals surface area contributed by atoms with E-state index in [4.69, 9.17) is 9.26 Å². The number of benzene rings is 1. The second-order valence-corrected chi connectivity index (χ2v) is 11.4. The molecule has 0 saturated carbocycles. The highest BCUT2D eigenvalue weighted by molar-refractivity contribution is 6.75. The second-order valence-electron chi connectivity index (χ2n) is 5.92. The molecule has 0 radical (unpaired) electrons. The molecule has 1 aromatic carbocycles. The number of hydrogen-bond donors (Lipinski definition) is 0. The van der Waals surface area contributed by atoms with Crippen LogP contribution >= 0.6 is 0 Å². The summed E-state index contributed by atoms with van der Waals surface area (Å²) in [4.78, 5) is 12.1. The minimum Gasteiger partial charge on any atom is -0.465 e. The van der Waals surface area contributed by atoms with Crippen molar-refractivity contribution in [2.75, 3.05) is 7.11 Å². The predicted molar refractivity (Wildman–Crippen MR) is 80.3 cm³/mol. The van der Waals surface area contributed by atoms with Gasteiger partial charge in [-0.25, -0.2) is 4.79 Å². The maximum Gasteiger partial charge on any atom is 0.343 e. The molecule has 1 aromatic heterocycles. The smallest absolute Gasteiger partial charge is 0.343 e. The van der Waals surface area contributed by atoms with Gasteiger partial charge in [-0.05, 0) is 0 Å². The van der Waals surface area contributed by atoms with Crippen molar-refractivity contribution >= 4 is 14.0 Å². The topological polar surface area (TPSA) is 52.3 Å². The third-order valence-corrected chi connectivity index (χ3v) is 4.27. The van der Waals surface area contributed by atoms with Crippen molar-refractivity contribution in [1.29, 1.82) is 0 Å². The molecule has 0 aliphatic rings. The predicted octanol–water partition coefficient (Wildman–Crippen LogP) is 3.55. The quantitative estimate of drug-likeness (QED) is 0.638. The number of aromatic nitrogens is 1. The number of methoxy groups -OCH3 is 1. The van der Waals surface area contributed by atoms with Gasteiger partial charge in [0.05, 0.1) is 15.2 Å². The van der Waals surface area contributed by atoms with Gasteiger partial charge >= 0.3 is 5.97 Å². The fourth-order valence-electron chi connectivity index (χ4n) is 2.03. The highest BCUT2D eigenvalue weighted by atomic mass is 28.3. The molecule has 4 nitrogen and oxygen atoms in total. The molecule has 1 heterocycles. The molecule has 106 valence electrons. The van der Waals surface area contributed by atoms with Crippen LogP contribution in [0.15, 0.2) is 34.9 Å². The number of esters is 1. The number of ether oxygens (including phenoxy) is 1. The first-order valence-corrected chi connectivity index (χ1v) is 10.3. The average Bonchev–Trinajstić information content (AvgIpc) is 2.80. The lowest BCUT2D eigenvalue weighted by molar-refractivity contribution is 0.0599. The fraction of sp³-hybridized carbons (Fsp3) is 0.333. The standard InChI is InChI=1S/C15H19NO3Si/c1-18-15(17)13-12(10-20(2,3)4)19-16-14(13)11-8-6-5-7-9-11/h5-9H,10H2,1-4H3. The van der Waals surface area contributed by atoms with Gasteiger partial charge < -0.3 is 9.26 Å². The summed E-state index contributed by atoms with van der Waals surface area (Å²) in [5, 5.41) is 4.09. The summed E-state index contributed by atoms with van der Waals surface area (Å²) >= 11 is 0. The molecule has 0 N–H and O–H groups in total. The molecule has 0 saturated heterocycles. The van der Waals surface area contributed by atoms with Crippen LogP contribution in [0.25, 0.3) is 11.3 Å². The summed E-state index contributed by atoms with van der Waals surface area (Å²) in [5.41, 5.74) is 1.88. The van der Waals surface area contributed by atoms with Crippen LogP contribution < -0.4 is 0 Å². The van der Waals surface area contributed by atoms with E-state index < -0.39 is 14.0 Å². The van der Waals surface area contributed by atoms with Gasteiger partial charge in [0.25, 0.3) is 0 Å². The molecule has 0 amide bonds. The Morgan fingerprint density at radius 2 is 1.90 bits per heavy atom. The van der Waals surface area contributed by atoms with E-state index in [2.05, 4.69) is 24.8 Å². The number of hydrogen-bond acceptors (Lipinski definition) is 4. The van der Waals surface area contributed by atoms with Gasteiger partial charge in [0.15, 0.2) is 0 Å². The van der Waals surface area contributed by atoms with E-state index in [1.807, 2.05) is 30.3 Å². The maximum atomic E-state index is 12.1. The molecule has 5 heteroatoms. The van der Waals surface area contributed by atoms with Crippen molar-refractivity contribution in [2.45, 2.75) is 25.7 Å². The normalized spacial score (nSPS) is 11.4. The lowest BCUT2D eigenvalue weighted by Crippen LogP contribution is -2.25. The number of carbonyl (C=O) groups excluding carboxylic acids is 1. The van der Waals surface area contributed by atoms with E-state index in [0.717, 1.165) is 11.6 Å². The van der Waals surface area contributed by atoms with Gasteiger partial charge in [-0.1, -0.05) is 55.1 Å². The van der Waals surface area contributed by atoms with Crippen molar-refractivity contribution < 1.29 is 14.1 Å². The third-order valence-electron chi connectivity index (χ3n) is 2.89. The van der Waals surface area contributed by atoms with Crippen molar-refractivity contribution in [3.8, 4) is 11.3 Å². The Labute approximate surface area is 119 Å². The Morgan fingerprint density at radius 3 is 2.45 bits per heavy atom. The number of rotatable bonds is 4. The van der Waals surface area contributed by atoms with Gasteiger partial charge in [-0.3, -0.25) is 0 Å². The number of carbonyl (C=O) groups is 1. The van der Waals surface area contributed by atoms with E-state index in [1.54, 1.807) is 0 Å². The maximum absolute atomic E-state index is 12.1. The van der Waals surface area contributed by atoms with Gasteiger partial charge in [-0.15, -0.1) is 0 Å². The van der Waals surface area contributed by atoms with Crippen molar-refractivity contribution in [1.82, 2.24) is 5.16 Å². The van der Waals surface area contributed by atoms with Crippen molar-refractivity contribution in [3.05, 3.63) is 41.7 Å². The van der Waals surface area contributed by atoms with Crippen LogP contribution in [0.4, 0.5) is 0 Å². The van der Waals surface area contributed by atoms with Gasteiger partial charge in [0.2, 0.25) is 0 Å². The molecule has 0 fully saturated rings. The molecule has 0 atom stereocenters. The molecular weight excluding hydrogens is 270 g/mol. The zero-order valence-corrected chi connectivity index (χ0v) is 13.3. The van der Waals surface area contributed by atoms with E-state index in [9.17, 15) is 4.79 Å². The molecular formula is C15H19NO3Si. The highest BCUT2D eigenvalue weighted by Gasteiger charge is 2.28. The van der Waals surface area contributed by atoms with Gasteiger partial charge in [-0.2, -0.15) is 0 Å². The summed E-state index contributed by atoms with van der Waals surface area (Å²) in [6.45, 7) is 6.66. The Hall–Kier alpha value is -1.88. The van der Waals surface area contributed by atoms with E-state index >= 15 is 0 Å². The van der Waals surface area contributed by atoms with Crippen LogP contribution in [0.2, 0.25) is 19.6 Å². The minimum atomic E-state index is -1.42. The Morgan fingerprint density at radius 1 is 1.25 bits per heavy atom. The van der Waals surface area contributed by atoms with Crippen LogP contribution in [0, 0.1) is 0 Å². The lowest BCUT2D eigenvalue weighted by atomic mass is 10.1. The SMILES string of the molecule is COC(=O)c1c(-c2ccccc2)noc1C[Si](C)(C)C. The van der Waals surface area contributed by atoms with Crippen LogP contribution in [0.5, 0.6) is 0 Å². The van der Waals surface area contributed by atoms with E-state index in [-0.39, 0.29) is 0 Å². The summed E-state index contributed by atoms with van der Waals surface area (Å²) in [5.74, 6) is 0.244. The first-order valence-electron chi connectivity index (χ1n) is 6.54. The van der Waals surface area contributed by atoms with Gasteiger partial charge in [0, 0.05) is 11.6 Å². The summed E-state index contributed by atoms with van der Waals surface area (Å²) in [7, 11) is -0.0398. The first kappa shape index (κ1) is 14.5. The summed E-state index contributed by atoms with van der Waals surface area (Å²) in [6, 6.07) is 10.3. The van der Waals surface area contributed by atoms with Crippen LogP contribution in [-0.4, -0.2) is 26.3 Å². The third kappa shape index (κ3) is 3.16. The Kier molecular flexibility index (Phi) is 4.08. The second kappa shape index (κ2) is 5.62. The largest absolute Gasteiger partial charge is 0.465 e. The molecule has 20 heavy (non-hydrogen) atoms. The van der Waals surface area contributed by atoms with Crippen LogP contribution in [-0.2, 0) is 10.8 Å². The van der Waals surface area contributed by atoms with Crippen LogP contribution in [0.1, 0.15) is 16.1 Å². The molecule has 0 unspecified atom stereocenters. The van der Waals surface area contributed by atoms with Crippen molar-refractivity contribution in [2.24, 2.45) is 0 Å². The number of nitrogens with zero attached hydrogens (tertiary/aromatic N) is 1. The average molecular weight is 289 g/mol. The first-order chi connectivity index (χ1) is 9.42. The van der Waals surface area contributed by atoms with Crippen molar-refractivity contribution in [3.63, 3.8) is 0 Å². The minimum absolute atomic E-state index is 0.390. The Bertz CT molecular complexity index is 599. The molecule has 0 spiro atoms. The zero-order chi connectivity index (χ0) is 14.8. The van der Waals surface area contributed by atoms with E-state index in [0.29, 0.717) is 17.0 Å². The molecule has 2 aromatic rings. The summed E-state index contributed by atoms with van der Waals surface area (Å²) < 4.78 is 10.3. The van der Waals surface area contributed by atoms with Crippen LogP contribution in [0.3, 0.4) is 0 Å². The van der Waals surface area contributed by atoms with Gasteiger partial charge in [0.1, 0.15) is 17.0 Å². The fourth-order valence-corrected chi connectivity index (χ4v) is 3.24. The summed E-state index contributed by atoms with van der Waals surface area (Å²) in [6.07, 6.45) is 0. The Balaban J connectivity index is 2.51. The lowest BCUT2D eigenvalue weighted by Gasteiger charge is -2.13. The molecule has 0 aliphatic heterocycles. The molecule has 2 rings (SSSR count). The van der Waals surface area contributed by atoms with E-state index in [1.165, 1.54) is 7.11 Å². The zero-order valence-electron chi connectivity index (χ0n) is 12.3. The highest BCUT2D eigenvalue weighted by Crippen LogP contribution is 2.28. The molecule has 0 bridgehead atoms.